The number of tetrazole rings is 1. The van der Waals surface area contributed by atoms with Crippen molar-refractivity contribution < 1.29 is 15.0 Å². The maximum atomic E-state index is 11.3. The van der Waals surface area contributed by atoms with Crippen molar-refractivity contribution in [3.05, 3.63) is 65.5 Å². The van der Waals surface area contributed by atoms with Crippen molar-refractivity contribution in [3.63, 3.8) is 0 Å². The number of aliphatic hydroxyl groups is 2. The SMILES string of the molecule is CCC[C@H](C(O)O)[C@H](Cc1cccc(-c2ccc(C(N)=O)cc2)c1)c1nn[nH]n1. The van der Waals surface area contributed by atoms with E-state index in [1.807, 2.05) is 43.3 Å². The molecule has 29 heavy (non-hydrogen) atoms. The second-order valence-corrected chi connectivity index (χ2v) is 7.09. The molecule has 5 N–H and O–H groups in total. The van der Waals surface area contributed by atoms with E-state index in [0.717, 1.165) is 23.1 Å². The number of nitrogens with one attached hydrogen (secondary N) is 1. The molecule has 0 bridgehead atoms. The zero-order valence-corrected chi connectivity index (χ0v) is 16.2. The van der Waals surface area contributed by atoms with Gasteiger partial charge in [-0.2, -0.15) is 5.21 Å². The largest absolute Gasteiger partial charge is 0.368 e. The molecule has 3 aromatic rings. The van der Waals surface area contributed by atoms with E-state index in [2.05, 4.69) is 20.6 Å². The van der Waals surface area contributed by atoms with Gasteiger partial charge >= 0.3 is 0 Å². The van der Waals surface area contributed by atoms with E-state index >= 15 is 0 Å². The van der Waals surface area contributed by atoms with Crippen molar-refractivity contribution in [1.82, 2.24) is 20.6 Å². The lowest BCUT2D eigenvalue weighted by Crippen LogP contribution is -2.28. The lowest BCUT2D eigenvalue weighted by molar-refractivity contribution is -0.0943. The molecule has 8 nitrogen and oxygen atoms in total. The molecule has 0 aliphatic heterocycles. The van der Waals surface area contributed by atoms with Crippen LogP contribution < -0.4 is 5.73 Å². The minimum Gasteiger partial charge on any atom is -0.368 e. The molecule has 1 aromatic heterocycles. The first-order valence-corrected chi connectivity index (χ1v) is 9.58. The van der Waals surface area contributed by atoms with Gasteiger partial charge in [-0.3, -0.25) is 4.79 Å². The van der Waals surface area contributed by atoms with Crippen LogP contribution in [-0.2, 0) is 6.42 Å². The number of hydrogen-bond donors (Lipinski definition) is 4. The molecule has 0 saturated heterocycles. The Bertz CT molecular complexity index is 926. The van der Waals surface area contributed by atoms with E-state index in [1.165, 1.54) is 0 Å². The van der Waals surface area contributed by atoms with Crippen LogP contribution in [0.3, 0.4) is 0 Å². The topological polar surface area (TPSA) is 138 Å². The van der Waals surface area contributed by atoms with Crippen molar-refractivity contribution in [3.8, 4) is 11.1 Å². The van der Waals surface area contributed by atoms with Crippen LogP contribution in [-0.4, -0.2) is 43.0 Å². The molecular formula is C21H25N5O3. The highest BCUT2D eigenvalue weighted by Crippen LogP contribution is 2.32. The summed E-state index contributed by atoms with van der Waals surface area (Å²) in [6.07, 6.45) is 0.506. The van der Waals surface area contributed by atoms with Gasteiger partial charge in [0.15, 0.2) is 12.1 Å². The number of H-pyrrole nitrogens is 1. The number of hydrogen-bond acceptors (Lipinski definition) is 6. The summed E-state index contributed by atoms with van der Waals surface area (Å²) in [4.78, 5) is 11.3. The Balaban J connectivity index is 1.88. The first-order valence-electron chi connectivity index (χ1n) is 9.58. The number of aromatic nitrogens is 4. The van der Waals surface area contributed by atoms with Crippen LogP contribution in [0.25, 0.3) is 11.1 Å². The molecule has 1 amide bonds. The second-order valence-electron chi connectivity index (χ2n) is 7.09. The van der Waals surface area contributed by atoms with Crippen LogP contribution in [0.2, 0.25) is 0 Å². The summed E-state index contributed by atoms with van der Waals surface area (Å²) >= 11 is 0. The number of benzene rings is 2. The quantitative estimate of drug-likeness (QED) is 0.409. The molecule has 0 unspecified atom stereocenters. The van der Waals surface area contributed by atoms with Gasteiger partial charge < -0.3 is 15.9 Å². The van der Waals surface area contributed by atoms with E-state index in [9.17, 15) is 15.0 Å². The average Bonchev–Trinajstić information content (AvgIpc) is 3.25. The molecule has 8 heteroatoms. The Morgan fingerprint density at radius 3 is 2.48 bits per heavy atom. The third kappa shape index (κ3) is 5.04. The summed E-state index contributed by atoms with van der Waals surface area (Å²) in [5.74, 6) is -0.692. The Morgan fingerprint density at radius 1 is 1.14 bits per heavy atom. The highest BCUT2D eigenvalue weighted by atomic mass is 16.5. The Labute approximate surface area is 168 Å². The third-order valence-corrected chi connectivity index (χ3v) is 5.10. The molecule has 0 radical (unpaired) electrons. The number of nitrogens with zero attached hydrogens (tertiary/aromatic N) is 3. The minimum atomic E-state index is -1.47. The molecular weight excluding hydrogens is 370 g/mol. The zero-order valence-electron chi connectivity index (χ0n) is 16.2. The van der Waals surface area contributed by atoms with Crippen LogP contribution >= 0.6 is 0 Å². The molecule has 0 aliphatic carbocycles. The van der Waals surface area contributed by atoms with Crippen molar-refractivity contribution >= 4 is 5.91 Å². The molecule has 152 valence electrons. The van der Waals surface area contributed by atoms with Crippen molar-refractivity contribution in [1.29, 1.82) is 0 Å². The lowest BCUT2D eigenvalue weighted by Gasteiger charge is -2.26. The molecule has 0 saturated carbocycles. The molecule has 0 spiro atoms. The average molecular weight is 395 g/mol. The summed E-state index contributed by atoms with van der Waals surface area (Å²) in [5, 5.41) is 34.1. The maximum absolute atomic E-state index is 11.3. The predicted octanol–water partition coefficient (Wildman–Crippen LogP) is 2.02. The summed E-state index contributed by atoms with van der Waals surface area (Å²) in [7, 11) is 0. The summed E-state index contributed by atoms with van der Waals surface area (Å²) in [6, 6.07) is 15.1. The van der Waals surface area contributed by atoms with E-state index in [0.29, 0.717) is 24.2 Å². The Kier molecular flexibility index (Phi) is 6.69. The van der Waals surface area contributed by atoms with E-state index < -0.39 is 18.1 Å². The van der Waals surface area contributed by atoms with E-state index in [1.54, 1.807) is 12.1 Å². The highest BCUT2D eigenvalue weighted by molar-refractivity contribution is 5.93. The number of carbonyl (C=O) groups is 1. The van der Waals surface area contributed by atoms with Crippen molar-refractivity contribution in [2.24, 2.45) is 11.7 Å². The molecule has 1 heterocycles. The monoisotopic (exact) mass is 395 g/mol. The number of nitrogens with two attached hydrogens (primary N) is 1. The van der Waals surface area contributed by atoms with Gasteiger partial charge in [-0.15, -0.1) is 10.2 Å². The molecule has 2 atom stereocenters. The molecule has 3 rings (SSSR count). The summed E-state index contributed by atoms with van der Waals surface area (Å²) in [5.41, 5.74) is 8.72. The molecule has 2 aromatic carbocycles. The normalized spacial score (nSPS) is 13.4. The summed E-state index contributed by atoms with van der Waals surface area (Å²) < 4.78 is 0. The van der Waals surface area contributed by atoms with Gasteiger partial charge in [0.1, 0.15) is 0 Å². The van der Waals surface area contributed by atoms with Crippen LogP contribution in [0.15, 0.2) is 48.5 Å². The van der Waals surface area contributed by atoms with Crippen LogP contribution in [0.5, 0.6) is 0 Å². The van der Waals surface area contributed by atoms with Crippen molar-refractivity contribution in [2.75, 3.05) is 0 Å². The van der Waals surface area contributed by atoms with Crippen molar-refractivity contribution in [2.45, 2.75) is 38.4 Å². The van der Waals surface area contributed by atoms with Crippen LogP contribution in [0.1, 0.15) is 47.4 Å². The minimum absolute atomic E-state index is 0.291. The van der Waals surface area contributed by atoms with Gasteiger partial charge in [0.05, 0.1) is 0 Å². The third-order valence-electron chi connectivity index (χ3n) is 5.10. The number of amides is 1. The lowest BCUT2D eigenvalue weighted by atomic mass is 9.82. The summed E-state index contributed by atoms with van der Waals surface area (Å²) in [6.45, 7) is 2.00. The van der Waals surface area contributed by atoms with E-state index in [4.69, 9.17) is 5.73 Å². The first kappa shape index (κ1) is 20.6. The fraction of sp³-hybridized carbons (Fsp3) is 0.333. The molecule has 0 aliphatic rings. The van der Waals surface area contributed by atoms with Gasteiger partial charge in [-0.25, -0.2) is 0 Å². The highest BCUT2D eigenvalue weighted by Gasteiger charge is 2.31. The van der Waals surface area contributed by atoms with Gasteiger partial charge in [-0.1, -0.05) is 55.0 Å². The molecule has 0 fully saturated rings. The fourth-order valence-electron chi connectivity index (χ4n) is 3.61. The maximum Gasteiger partial charge on any atom is 0.248 e. The fourth-order valence-corrected chi connectivity index (χ4v) is 3.61. The van der Waals surface area contributed by atoms with Crippen LogP contribution in [0, 0.1) is 5.92 Å². The standard InChI is InChI=1S/C21H25N5O3/c1-2-4-17(21(28)29)18(20-23-25-26-24-20)12-13-5-3-6-16(11-13)14-7-9-15(10-8-14)19(22)27/h3,5-11,17-18,21,28-29H,2,4,12H2,1H3,(H2,22,27)(H,23,24,25,26)/t17-,18-/m0/s1. The Morgan fingerprint density at radius 2 is 1.90 bits per heavy atom. The first-order chi connectivity index (χ1) is 14.0. The smallest absolute Gasteiger partial charge is 0.248 e. The number of aliphatic hydroxyl groups excluding tert-OH is 1. The van der Waals surface area contributed by atoms with Gasteiger partial charge in [0.25, 0.3) is 0 Å². The number of aromatic amines is 1. The number of carbonyl (C=O) groups excluding carboxylic acids is 1. The number of primary amides is 1. The Hall–Kier alpha value is -3.10. The second kappa shape index (κ2) is 9.40. The van der Waals surface area contributed by atoms with Gasteiger partial charge in [0.2, 0.25) is 5.91 Å². The number of rotatable bonds is 9. The van der Waals surface area contributed by atoms with E-state index in [-0.39, 0.29) is 5.92 Å². The zero-order chi connectivity index (χ0) is 20.8. The predicted molar refractivity (Wildman–Crippen MR) is 108 cm³/mol. The van der Waals surface area contributed by atoms with Gasteiger partial charge in [0, 0.05) is 17.4 Å². The van der Waals surface area contributed by atoms with Crippen LogP contribution in [0.4, 0.5) is 0 Å². The van der Waals surface area contributed by atoms with Gasteiger partial charge in [-0.05, 0) is 41.7 Å².